The molecule has 6 nitrogen and oxygen atoms in total. The van der Waals surface area contributed by atoms with Crippen molar-refractivity contribution in [1.29, 1.82) is 0 Å². The van der Waals surface area contributed by atoms with Gasteiger partial charge < -0.3 is 10.1 Å². The molecule has 2 aromatic carbocycles. The third-order valence-electron chi connectivity index (χ3n) is 3.57. The Morgan fingerprint density at radius 1 is 1.21 bits per heavy atom. The van der Waals surface area contributed by atoms with E-state index in [1.54, 1.807) is 42.5 Å². The number of pyridine rings is 1. The molecule has 0 spiro atoms. The molecule has 0 unspecified atom stereocenters. The molecule has 6 heteroatoms. The van der Waals surface area contributed by atoms with Crippen LogP contribution in [0.15, 0.2) is 58.4 Å². The second kappa shape index (κ2) is 6.37. The fourth-order valence-electron chi connectivity index (χ4n) is 2.33. The second-order valence-electron chi connectivity index (χ2n) is 5.33. The molecular formula is C18H15N3O3. The first-order valence-corrected chi connectivity index (χ1v) is 7.30. The first-order valence-electron chi connectivity index (χ1n) is 7.30. The van der Waals surface area contributed by atoms with Gasteiger partial charge in [0, 0.05) is 10.9 Å². The molecule has 0 saturated carbocycles. The molecule has 0 atom stereocenters. The van der Waals surface area contributed by atoms with Gasteiger partial charge in [-0.05, 0) is 31.2 Å². The quantitative estimate of drug-likeness (QED) is 0.510. The van der Waals surface area contributed by atoms with E-state index in [4.69, 9.17) is 0 Å². The van der Waals surface area contributed by atoms with Gasteiger partial charge in [0.1, 0.15) is 11.3 Å². The fourth-order valence-corrected chi connectivity index (χ4v) is 2.33. The number of hydrogen-bond acceptors (Lipinski definition) is 4. The van der Waals surface area contributed by atoms with Crippen LogP contribution in [0.5, 0.6) is 5.75 Å². The lowest BCUT2D eigenvalue weighted by Gasteiger charge is -2.05. The van der Waals surface area contributed by atoms with Gasteiger partial charge in [-0.15, -0.1) is 0 Å². The number of hydrogen-bond donors (Lipinski definition) is 3. The third-order valence-corrected chi connectivity index (χ3v) is 3.57. The normalized spacial score (nSPS) is 11.0. The predicted molar refractivity (Wildman–Crippen MR) is 92.5 cm³/mol. The van der Waals surface area contributed by atoms with E-state index in [9.17, 15) is 14.7 Å². The number of aryl methyl sites for hydroxylation is 1. The molecule has 0 aliphatic rings. The Hall–Kier alpha value is -3.41. The van der Waals surface area contributed by atoms with Crippen molar-refractivity contribution < 1.29 is 9.90 Å². The van der Waals surface area contributed by atoms with E-state index in [2.05, 4.69) is 15.5 Å². The Morgan fingerprint density at radius 2 is 1.96 bits per heavy atom. The van der Waals surface area contributed by atoms with Gasteiger partial charge in [-0.3, -0.25) is 9.59 Å². The van der Waals surface area contributed by atoms with Gasteiger partial charge in [0.05, 0.1) is 11.7 Å². The molecule has 3 rings (SSSR count). The van der Waals surface area contributed by atoms with Crippen molar-refractivity contribution in [3.8, 4) is 5.75 Å². The van der Waals surface area contributed by atoms with E-state index in [0.717, 1.165) is 11.8 Å². The minimum atomic E-state index is -0.485. The Morgan fingerprint density at radius 3 is 2.71 bits per heavy atom. The van der Waals surface area contributed by atoms with Gasteiger partial charge in [-0.2, -0.15) is 5.10 Å². The number of H-pyrrole nitrogens is 1. The van der Waals surface area contributed by atoms with Crippen molar-refractivity contribution >= 4 is 23.0 Å². The van der Waals surface area contributed by atoms with Crippen LogP contribution < -0.4 is 11.0 Å². The average Bonchev–Trinajstić information content (AvgIpc) is 2.59. The molecule has 3 aromatic rings. The van der Waals surface area contributed by atoms with Crippen molar-refractivity contribution in [2.24, 2.45) is 5.10 Å². The molecule has 0 radical (unpaired) electrons. The zero-order valence-corrected chi connectivity index (χ0v) is 12.9. The van der Waals surface area contributed by atoms with Crippen molar-refractivity contribution in [1.82, 2.24) is 10.4 Å². The van der Waals surface area contributed by atoms with Crippen molar-refractivity contribution in [2.75, 3.05) is 0 Å². The van der Waals surface area contributed by atoms with Crippen molar-refractivity contribution in [3.63, 3.8) is 0 Å². The molecule has 120 valence electrons. The maximum Gasteiger partial charge on any atom is 0.271 e. The highest BCUT2D eigenvalue weighted by atomic mass is 16.3. The number of carbonyl (C=O) groups is 1. The van der Waals surface area contributed by atoms with Gasteiger partial charge in [0.2, 0.25) is 0 Å². The number of carbonyl (C=O) groups excluding carboxylic acids is 1. The molecule has 0 saturated heterocycles. The van der Waals surface area contributed by atoms with Crippen LogP contribution in [0.4, 0.5) is 0 Å². The lowest BCUT2D eigenvalue weighted by molar-refractivity contribution is 0.0955. The maximum absolute atomic E-state index is 12.1. The van der Waals surface area contributed by atoms with Crippen LogP contribution in [-0.2, 0) is 0 Å². The number of amides is 1. The van der Waals surface area contributed by atoms with Crippen LogP contribution in [0.3, 0.4) is 0 Å². The van der Waals surface area contributed by atoms with Crippen LogP contribution in [0.1, 0.15) is 21.5 Å². The number of fused-ring (bicyclic) bond motifs is 1. The largest absolute Gasteiger partial charge is 0.506 e. The van der Waals surface area contributed by atoms with Crippen LogP contribution >= 0.6 is 0 Å². The Bertz CT molecular complexity index is 992. The standard InChI is InChI=1S/C18H15N3O3/c1-11-7-8-15-13(9-11)16(22)14(18(24)20-15)10-19-21-17(23)12-5-3-2-4-6-12/h2-10H,1H3,(H,21,23)(H2,20,22,24)/b19-10+. The van der Waals surface area contributed by atoms with Crippen LogP contribution in [0, 0.1) is 6.92 Å². The summed E-state index contributed by atoms with van der Waals surface area (Å²) in [6.07, 6.45) is 1.14. The summed E-state index contributed by atoms with van der Waals surface area (Å²) in [7, 11) is 0. The third kappa shape index (κ3) is 3.03. The molecule has 1 aromatic heterocycles. The molecule has 3 N–H and O–H groups in total. The molecule has 0 aliphatic carbocycles. The molecule has 0 fully saturated rings. The number of rotatable bonds is 3. The van der Waals surface area contributed by atoms with Crippen LogP contribution in [0.25, 0.3) is 10.9 Å². The molecule has 0 bridgehead atoms. The summed E-state index contributed by atoms with van der Waals surface area (Å²) in [5, 5.41) is 14.6. The number of aromatic hydroxyl groups is 1. The van der Waals surface area contributed by atoms with E-state index in [1.807, 2.05) is 13.0 Å². The van der Waals surface area contributed by atoms with Crippen molar-refractivity contribution in [3.05, 3.63) is 75.6 Å². The van der Waals surface area contributed by atoms with Gasteiger partial charge in [0.15, 0.2) is 0 Å². The Balaban J connectivity index is 1.90. The van der Waals surface area contributed by atoms with E-state index in [-0.39, 0.29) is 11.3 Å². The van der Waals surface area contributed by atoms with Crippen LogP contribution in [-0.4, -0.2) is 22.2 Å². The van der Waals surface area contributed by atoms with E-state index >= 15 is 0 Å². The van der Waals surface area contributed by atoms with E-state index < -0.39 is 11.5 Å². The molecular weight excluding hydrogens is 306 g/mol. The van der Waals surface area contributed by atoms with Gasteiger partial charge in [-0.25, -0.2) is 5.43 Å². The lowest BCUT2D eigenvalue weighted by Crippen LogP contribution is -2.19. The van der Waals surface area contributed by atoms with E-state index in [1.165, 1.54) is 0 Å². The number of aromatic nitrogens is 1. The maximum atomic E-state index is 12.1. The minimum absolute atomic E-state index is 0.0125. The van der Waals surface area contributed by atoms with Gasteiger partial charge in [-0.1, -0.05) is 29.8 Å². The highest BCUT2D eigenvalue weighted by Gasteiger charge is 2.10. The highest BCUT2D eigenvalue weighted by molar-refractivity contribution is 5.97. The Kier molecular flexibility index (Phi) is 4.11. The molecule has 1 heterocycles. The minimum Gasteiger partial charge on any atom is -0.506 e. The molecule has 24 heavy (non-hydrogen) atoms. The fraction of sp³-hybridized carbons (Fsp3) is 0.0556. The molecule has 1 amide bonds. The summed E-state index contributed by atoms with van der Waals surface area (Å²) in [5.41, 5.74) is 3.76. The summed E-state index contributed by atoms with van der Waals surface area (Å²) >= 11 is 0. The number of benzene rings is 2. The van der Waals surface area contributed by atoms with Gasteiger partial charge >= 0.3 is 0 Å². The smallest absolute Gasteiger partial charge is 0.271 e. The predicted octanol–water partition coefficient (Wildman–Crippen LogP) is 2.31. The second-order valence-corrected chi connectivity index (χ2v) is 5.33. The SMILES string of the molecule is Cc1ccc2[nH]c(=O)c(/C=N/NC(=O)c3ccccc3)c(O)c2c1. The first kappa shape index (κ1) is 15.5. The van der Waals surface area contributed by atoms with Gasteiger partial charge in [0.25, 0.3) is 11.5 Å². The first-order chi connectivity index (χ1) is 11.6. The Labute approximate surface area is 137 Å². The average molecular weight is 321 g/mol. The molecule has 0 aliphatic heterocycles. The number of nitrogens with zero attached hydrogens (tertiary/aromatic N) is 1. The zero-order chi connectivity index (χ0) is 17.1. The van der Waals surface area contributed by atoms with Crippen LogP contribution in [0.2, 0.25) is 0 Å². The van der Waals surface area contributed by atoms with Crippen molar-refractivity contribution in [2.45, 2.75) is 6.92 Å². The summed E-state index contributed by atoms with van der Waals surface area (Å²) in [5.74, 6) is -0.574. The zero-order valence-electron chi connectivity index (χ0n) is 12.9. The van der Waals surface area contributed by atoms with E-state index in [0.29, 0.717) is 16.5 Å². The number of nitrogens with one attached hydrogen (secondary N) is 2. The monoisotopic (exact) mass is 321 g/mol. The summed E-state index contributed by atoms with van der Waals surface area (Å²) in [6.45, 7) is 1.89. The topological polar surface area (TPSA) is 94.5 Å². The number of aromatic amines is 1. The summed E-state index contributed by atoms with van der Waals surface area (Å²) < 4.78 is 0. The summed E-state index contributed by atoms with van der Waals surface area (Å²) in [4.78, 5) is 26.6. The highest BCUT2D eigenvalue weighted by Crippen LogP contribution is 2.24. The summed E-state index contributed by atoms with van der Waals surface area (Å²) in [6, 6.07) is 13.9. The lowest BCUT2D eigenvalue weighted by atomic mass is 10.1. The number of hydrazone groups is 1.